The van der Waals surface area contributed by atoms with Crippen LogP contribution in [0.3, 0.4) is 0 Å². The molecule has 0 aliphatic carbocycles. The highest BCUT2D eigenvalue weighted by atomic mass is 35.6. The molecule has 2 heterocycles. The molecule has 1 N–H and O–H groups in total. The number of halogens is 3. The van der Waals surface area contributed by atoms with Crippen LogP contribution in [0.15, 0.2) is 18.2 Å². The molecule has 0 saturated carbocycles. The summed E-state index contributed by atoms with van der Waals surface area (Å²) in [5.74, 6) is 1.95. The molecule has 152 valence electrons. The molecule has 1 saturated heterocycles. The summed E-state index contributed by atoms with van der Waals surface area (Å²) in [6.07, 6.45) is 2.49. The molecule has 1 aromatic heterocycles. The number of hydrogen-bond donors (Lipinski definition) is 1. The Balaban J connectivity index is 1.87. The lowest BCUT2D eigenvalue weighted by Gasteiger charge is -2.16. The molecule has 0 unspecified atom stereocenters. The van der Waals surface area contributed by atoms with E-state index < -0.39 is 3.79 Å². The maximum absolute atomic E-state index is 6.03. The second-order valence-electron chi connectivity index (χ2n) is 6.35. The Hall–Kier alpha value is -1.54. The van der Waals surface area contributed by atoms with Crippen molar-refractivity contribution in [2.24, 2.45) is 0 Å². The minimum absolute atomic E-state index is 0.0564. The van der Waals surface area contributed by atoms with Crippen LogP contribution in [-0.4, -0.2) is 60.3 Å². The number of nitrogens with one attached hydrogen (secondary N) is 1. The Morgan fingerprint density at radius 1 is 1.04 bits per heavy atom. The van der Waals surface area contributed by atoms with Crippen molar-refractivity contribution in [2.45, 2.75) is 16.6 Å². The predicted octanol–water partition coefficient (Wildman–Crippen LogP) is 3.89. The van der Waals surface area contributed by atoms with Crippen LogP contribution in [0.5, 0.6) is 11.5 Å². The Labute approximate surface area is 179 Å². The van der Waals surface area contributed by atoms with E-state index in [-0.39, 0.29) is 5.82 Å². The van der Waals surface area contributed by atoms with Crippen LogP contribution in [0.1, 0.15) is 18.7 Å². The lowest BCUT2D eigenvalue weighted by molar-refractivity contribution is 0.352. The molecule has 10 heteroatoms. The van der Waals surface area contributed by atoms with E-state index in [4.69, 9.17) is 44.3 Å². The number of benzene rings is 1. The summed E-state index contributed by atoms with van der Waals surface area (Å²) < 4.78 is 8.86. The van der Waals surface area contributed by atoms with Crippen molar-refractivity contribution in [2.75, 3.05) is 45.7 Å². The van der Waals surface area contributed by atoms with Crippen molar-refractivity contribution in [3.8, 4) is 22.9 Å². The minimum Gasteiger partial charge on any atom is -0.493 e. The van der Waals surface area contributed by atoms with E-state index in [1.807, 2.05) is 6.07 Å². The van der Waals surface area contributed by atoms with Crippen LogP contribution in [0, 0.1) is 0 Å². The third-order valence-electron chi connectivity index (χ3n) is 4.44. The summed E-state index contributed by atoms with van der Waals surface area (Å²) in [6.45, 7) is 3.83. The van der Waals surface area contributed by atoms with Gasteiger partial charge in [-0.1, -0.05) is 34.8 Å². The van der Waals surface area contributed by atoms with Gasteiger partial charge < -0.3 is 19.7 Å². The van der Waals surface area contributed by atoms with Gasteiger partial charge in [-0.2, -0.15) is 9.97 Å². The maximum atomic E-state index is 6.03. The second-order valence-corrected chi connectivity index (χ2v) is 8.63. The minimum atomic E-state index is -1.76. The lowest BCUT2D eigenvalue weighted by atomic mass is 10.2. The van der Waals surface area contributed by atoms with Gasteiger partial charge in [0.15, 0.2) is 23.1 Å². The maximum Gasteiger partial charge on any atom is 0.250 e. The first-order chi connectivity index (χ1) is 13.4. The normalized spacial score (nSPS) is 14.9. The molecule has 1 aromatic carbocycles. The van der Waals surface area contributed by atoms with Gasteiger partial charge >= 0.3 is 0 Å². The number of ether oxygens (including phenoxy) is 2. The quantitative estimate of drug-likeness (QED) is 0.647. The summed E-state index contributed by atoms with van der Waals surface area (Å²) in [5.41, 5.74) is 0.693. The first kappa shape index (κ1) is 21.2. The monoisotopic (exact) mass is 445 g/mol. The summed E-state index contributed by atoms with van der Waals surface area (Å²) in [6, 6.07) is 5.35. The smallest absolute Gasteiger partial charge is 0.250 e. The summed E-state index contributed by atoms with van der Waals surface area (Å²) in [7, 11) is 3.14. The Bertz CT molecular complexity index is 810. The van der Waals surface area contributed by atoms with E-state index in [9.17, 15) is 0 Å². The highest BCUT2D eigenvalue weighted by Crippen LogP contribution is 2.37. The third kappa shape index (κ3) is 5.29. The standard InChI is InChI=1S/C18H22Cl3N5O2/c1-27-13-6-5-12(11-14(13)28-2)15-23-16(18(19,20)21)25-17(24-15)22-7-10-26-8-3-4-9-26/h5-6,11H,3-4,7-10H2,1-2H3,(H,22,23,24,25). The molecule has 1 aliphatic rings. The van der Waals surface area contributed by atoms with Crippen molar-refractivity contribution in [3.63, 3.8) is 0 Å². The van der Waals surface area contributed by atoms with Crippen molar-refractivity contribution in [1.29, 1.82) is 0 Å². The number of aromatic nitrogens is 3. The summed E-state index contributed by atoms with van der Waals surface area (Å²) >= 11 is 18.1. The zero-order chi connectivity index (χ0) is 20.1. The molecule has 7 nitrogen and oxygen atoms in total. The second kappa shape index (κ2) is 9.31. The van der Waals surface area contributed by atoms with Gasteiger partial charge in [-0.25, -0.2) is 4.98 Å². The molecule has 1 aliphatic heterocycles. The first-order valence-electron chi connectivity index (χ1n) is 8.92. The molecule has 0 atom stereocenters. The first-order valence-corrected chi connectivity index (χ1v) is 10.1. The number of alkyl halides is 3. The van der Waals surface area contributed by atoms with Crippen LogP contribution in [0.25, 0.3) is 11.4 Å². The van der Waals surface area contributed by atoms with Gasteiger partial charge in [0.25, 0.3) is 0 Å². The molecule has 0 radical (unpaired) electrons. The fraction of sp³-hybridized carbons (Fsp3) is 0.500. The number of anilines is 1. The molecule has 1 fully saturated rings. The highest BCUT2D eigenvalue weighted by molar-refractivity contribution is 6.66. The van der Waals surface area contributed by atoms with Crippen LogP contribution >= 0.6 is 34.8 Å². The van der Waals surface area contributed by atoms with Gasteiger partial charge in [0, 0.05) is 18.7 Å². The van der Waals surface area contributed by atoms with Gasteiger partial charge in [-0.15, -0.1) is 0 Å². The van der Waals surface area contributed by atoms with E-state index in [2.05, 4.69) is 25.2 Å². The van der Waals surface area contributed by atoms with Crippen LogP contribution < -0.4 is 14.8 Å². The largest absolute Gasteiger partial charge is 0.493 e. The van der Waals surface area contributed by atoms with E-state index in [1.165, 1.54) is 12.8 Å². The van der Waals surface area contributed by atoms with Crippen LogP contribution in [-0.2, 0) is 3.79 Å². The van der Waals surface area contributed by atoms with E-state index in [0.717, 1.165) is 19.6 Å². The van der Waals surface area contributed by atoms with Crippen LogP contribution in [0.4, 0.5) is 5.95 Å². The van der Waals surface area contributed by atoms with Crippen molar-refractivity contribution in [1.82, 2.24) is 19.9 Å². The third-order valence-corrected chi connectivity index (χ3v) is 4.95. The fourth-order valence-corrected chi connectivity index (χ4v) is 3.27. The number of nitrogens with zero attached hydrogens (tertiary/aromatic N) is 4. The molecule has 28 heavy (non-hydrogen) atoms. The number of hydrogen-bond acceptors (Lipinski definition) is 7. The molecule has 2 aromatic rings. The molecular formula is C18H22Cl3N5O2. The van der Waals surface area contributed by atoms with E-state index >= 15 is 0 Å². The van der Waals surface area contributed by atoms with E-state index in [0.29, 0.717) is 35.4 Å². The molecule has 0 amide bonds. The molecule has 3 rings (SSSR count). The Morgan fingerprint density at radius 3 is 2.39 bits per heavy atom. The van der Waals surface area contributed by atoms with E-state index in [1.54, 1.807) is 26.4 Å². The molecular weight excluding hydrogens is 425 g/mol. The number of methoxy groups -OCH3 is 2. The molecule has 0 bridgehead atoms. The Kier molecular flexibility index (Phi) is 7.04. The van der Waals surface area contributed by atoms with Crippen molar-refractivity contribution in [3.05, 3.63) is 24.0 Å². The number of rotatable bonds is 7. The van der Waals surface area contributed by atoms with Crippen LogP contribution in [0.2, 0.25) is 0 Å². The SMILES string of the molecule is COc1ccc(-c2nc(NCCN3CCCC3)nc(C(Cl)(Cl)Cl)n2)cc1OC. The zero-order valence-corrected chi connectivity index (χ0v) is 18.0. The van der Waals surface area contributed by atoms with Crippen molar-refractivity contribution >= 4 is 40.8 Å². The Morgan fingerprint density at radius 2 is 1.75 bits per heavy atom. The molecule has 0 spiro atoms. The summed E-state index contributed by atoms with van der Waals surface area (Å²) in [5, 5.41) is 3.21. The highest BCUT2D eigenvalue weighted by Gasteiger charge is 2.28. The van der Waals surface area contributed by atoms with Gasteiger partial charge in [-0.05, 0) is 44.1 Å². The topological polar surface area (TPSA) is 72.4 Å². The van der Waals surface area contributed by atoms with Gasteiger partial charge in [0.05, 0.1) is 14.2 Å². The predicted molar refractivity (Wildman–Crippen MR) is 112 cm³/mol. The average Bonchev–Trinajstić information content (AvgIpc) is 3.20. The van der Waals surface area contributed by atoms with Gasteiger partial charge in [0.1, 0.15) is 0 Å². The fourth-order valence-electron chi connectivity index (χ4n) is 3.02. The van der Waals surface area contributed by atoms with Gasteiger partial charge in [-0.3, -0.25) is 0 Å². The lowest BCUT2D eigenvalue weighted by Crippen LogP contribution is -2.26. The van der Waals surface area contributed by atoms with Gasteiger partial charge in [0.2, 0.25) is 9.74 Å². The average molecular weight is 447 g/mol. The summed E-state index contributed by atoms with van der Waals surface area (Å²) in [4.78, 5) is 15.5. The van der Waals surface area contributed by atoms with Crippen molar-refractivity contribution < 1.29 is 9.47 Å². The zero-order valence-electron chi connectivity index (χ0n) is 15.7. The number of likely N-dealkylation sites (tertiary alicyclic amines) is 1.